The Morgan fingerprint density at radius 3 is 2.93 bits per heavy atom. The molecule has 1 aromatic heterocycles. The molecule has 8 heteroatoms. The third kappa shape index (κ3) is 3.59. The van der Waals surface area contributed by atoms with Crippen molar-refractivity contribution in [1.29, 1.82) is 0 Å². The molecule has 150 valence electrons. The van der Waals surface area contributed by atoms with E-state index in [1.165, 1.54) is 0 Å². The van der Waals surface area contributed by atoms with Crippen LogP contribution in [0.3, 0.4) is 0 Å². The second-order valence-corrected chi connectivity index (χ2v) is 8.73. The lowest BCUT2D eigenvalue weighted by atomic mass is 10.00. The predicted octanol–water partition coefficient (Wildman–Crippen LogP) is 3.75. The second kappa shape index (κ2) is 7.91. The number of nitrogens with one attached hydrogen (secondary N) is 2. The first-order chi connectivity index (χ1) is 14.2. The fraction of sp³-hybridized carbons (Fsp3) is 0.286. The number of anilines is 2. The monoisotopic (exact) mass is 428 g/mol. The summed E-state index contributed by atoms with van der Waals surface area (Å²) in [5, 5.41) is 4.97. The number of nitrogens with zero attached hydrogens (tertiary/aromatic N) is 2. The van der Waals surface area contributed by atoms with Gasteiger partial charge in [0.15, 0.2) is 11.0 Å². The number of aromatic nitrogens is 1. The van der Waals surface area contributed by atoms with Crippen molar-refractivity contribution in [2.24, 2.45) is 0 Å². The van der Waals surface area contributed by atoms with Gasteiger partial charge in [-0.05, 0) is 36.4 Å². The van der Waals surface area contributed by atoms with Gasteiger partial charge in [-0.2, -0.15) is 0 Å². The number of benzene rings is 2. The summed E-state index contributed by atoms with van der Waals surface area (Å²) in [7, 11) is -1.34. The summed E-state index contributed by atoms with van der Waals surface area (Å²) >= 11 is 6.53. The standard InChI is InChI=1S/C21H21ClN4O2S/c22-18-13-17-16-12-14(23-6-7-26-8-10-28-11-9-26)3-4-19(16)29(27)25-21(17)20-15(18)2-1-5-24-20/h1-5,12-13,23,25H,6-11H2. The maximum atomic E-state index is 12.8. The summed E-state index contributed by atoms with van der Waals surface area (Å²) in [6.07, 6.45) is 1.72. The normalized spacial score (nSPS) is 18.7. The lowest BCUT2D eigenvalue weighted by Gasteiger charge is -2.27. The van der Waals surface area contributed by atoms with Crippen molar-refractivity contribution in [1.82, 2.24) is 9.88 Å². The highest BCUT2D eigenvalue weighted by atomic mass is 35.5. The Hall–Kier alpha value is -2.19. The molecule has 2 aliphatic heterocycles. The fourth-order valence-corrected chi connectivity index (χ4v) is 5.18. The minimum atomic E-state index is -1.34. The van der Waals surface area contributed by atoms with Crippen LogP contribution in [-0.2, 0) is 15.7 Å². The maximum Gasteiger partial charge on any atom is 0.151 e. The molecular weight excluding hydrogens is 408 g/mol. The molecule has 0 saturated carbocycles. The van der Waals surface area contributed by atoms with E-state index in [1.807, 2.05) is 30.3 Å². The number of hydrogen-bond acceptors (Lipinski definition) is 5. The van der Waals surface area contributed by atoms with Crippen LogP contribution >= 0.6 is 11.6 Å². The van der Waals surface area contributed by atoms with Gasteiger partial charge in [-0.15, -0.1) is 0 Å². The number of halogens is 1. The number of pyridine rings is 1. The van der Waals surface area contributed by atoms with E-state index < -0.39 is 11.0 Å². The predicted molar refractivity (Wildman–Crippen MR) is 118 cm³/mol. The average molecular weight is 429 g/mol. The SMILES string of the molecule is O=S1Nc2c(cc(Cl)c3cccnc23)-c2cc(NCCN3CCOCC3)ccc21. The van der Waals surface area contributed by atoms with Crippen LogP contribution in [0.5, 0.6) is 0 Å². The van der Waals surface area contributed by atoms with E-state index in [4.69, 9.17) is 16.3 Å². The van der Waals surface area contributed by atoms with Crippen LogP contribution in [-0.4, -0.2) is 53.5 Å². The molecule has 2 aromatic carbocycles. The molecule has 1 fully saturated rings. The smallest absolute Gasteiger partial charge is 0.151 e. The largest absolute Gasteiger partial charge is 0.384 e. The molecule has 2 N–H and O–H groups in total. The van der Waals surface area contributed by atoms with Crippen molar-refractivity contribution in [2.45, 2.75) is 4.90 Å². The second-order valence-electron chi connectivity index (χ2n) is 7.14. The Morgan fingerprint density at radius 2 is 2.07 bits per heavy atom. The first-order valence-corrected chi connectivity index (χ1v) is 11.2. The fourth-order valence-electron chi connectivity index (χ4n) is 3.86. The highest BCUT2D eigenvalue weighted by molar-refractivity contribution is 7.86. The van der Waals surface area contributed by atoms with Crippen LogP contribution < -0.4 is 10.0 Å². The first-order valence-electron chi connectivity index (χ1n) is 9.65. The van der Waals surface area contributed by atoms with E-state index >= 15 is 0 Å². The zero-order valence-electron chi connectivity index (χ0n) is 15.8. The molecule has 6 nitrogen and oxygen atoms in total. The molecule has 3 aromatic rings. The molecule has 5 rings (SSSR count). The van der Waals surface area contributed by atoms with Crippen LogP contribution in [0.2, 0.25) is 5.02 Å². The highest BCUT2D eigenvalue weighted by Gasteiger charge is 2.25. The number of morpholine rings is 1. The van der Waals surface area contributed by atoms with Gasteiger partial charge >= 0.3 is 0 Å². The zero-order chi connectivity index (χ0) is 19.8. The van der Waals surface area contributed by atoms with E-state index in [1.54, 1.807) is 6.20 Å². The van der Waals surface area contributed by atoms with Gasteiger partial charge in [0.05, 0.1) is 34.3 Å². The zero-order valence-corrected chi connectivity index (χ0v) is 17.4. The van der Waals surface area contributed by atoms with Crippen LogP contribution in [0, 0.1) is 0 Å². The number of ether oxygens (including phenoxy) is 1. The molecular formula is C21H21ClN4O2S. The van der Waals surface area contributed by atoms with Gasteiger partial charge in [-0.25, -0.2) is 4.21 Å². The van der Waals surface area contributed by atoms with E-state index in [0.717, 1.165) is 77.7 Å². The maximum absolute atomic E-state index is 12.8. The molecule has 0 bridgehead atoms. The van der Waals surface area contributed by atoms with Crippen molar-refractivity contribution in [3.63, 3.8) is 0 Å². The lowest BCUT2D eigenvalue weighted by Crippen LogP contribution is -2.39. The molecule has 0 amide bonds. The quantitative estimate of drug-likeness (QED) is 0.662. The molecule has 1 saturated heterocycles. The van der Waals surface area contributed by atoms with Gasteiger partial charge in [0, 0.05) is 54.6 Å². The van der Waals surface area contributed by atoms with Crippen molar-refractivity contribution >= 4 is 44.9 Å². The van der Waals surface area contributed by atoms with E-state index in [9.17, 15) is 4.21 Å². The van der Waals surface area contributed by atoms with Gasteiger partial charge in [0.2, 0.25) is 0 Å². The first kappa shape index (κ1) is 18.8. The van der Waals surface area contributed by atoms with Crippen LogP contribution in [0.1, 0.15) is 0 Å². The van der Waals surface area contributed by atoms with Crippen molar-refractivity contribution in [2.75, 3.05) is 49.4 Å². The summed E-state index contributed by atoms with van der Waals surface area (Å²) in [5.41, 5.74) is 4.34. The van der Waals surface area contributed by atoms with Gasteiger partial charge < -0.3 is 10.1 Å². The Bertz CT molecular complexity index is 1100. The summed E-state index contributed by atoms with van der Waals surface area (Å²) in [6, 6.07) is 11.6. The summed E-state index contributed by atoms with van der Waals surface area (Å²) in [4.78, 5) is 7.62. The van der Waals surface area contributed by atoms with Gasteiger partial charge in [0.1, 0.15) is 0 Å². The van der Waals surface area contributed by atoms with Crippen molar-refractivity contribution in [3.8, 4) is 11.1 Å². The Morgan fingerprint density at radius 1 is 1.21 bits per heavy atom. The topological polar surface area (TPSA) is 66.5 Å². The summed E-state index contributed by atoms with van der Waals surface area (Å²) in [5.74, 6) is 0. The van der Waals surface area contributed by atoms with Crippen LogP contribution in [0.4, 0.5) is 11.4 Å². The highest BCUT2D eigenvalue weighted by Crippen LogP contribution is 2.44. The Kier molecular flexibility index (Phi) is 5.13. The van der Waals surface area contributed by atoms with Gasteiger partial charge in [-0.3, -0.25) is 14.6 Å². The Balaban J connectivity index is 1.46. The van der Waals surface area contributed by atoms with Gasteiger partial charge in [0.25, 0.3) is 0 Å². The number of rotatable bonds is 4. The molecule has 0 aliphatic carbocycles. The van der Waals surface area contributed by atoms with E-state index in [2.05, 4.69) is 26.0 Å². The van der Waals surface area contributed by atoms with E-state index in [-0.39, 0.29) is 0 Å². The molecule has 0 radical (unpaired) electrons. The van der Waals surface area contributed by atoms with E-state index in [0.29, 0.717) is 5.02 Å². The molecule has 3 heterocycles. The van der Waals surface area contributed by atoms with Crippen LogP contribution in [0.15, 0.2) is 47.5 Å². The van der Waals surface area contributed by atoms with Gasteiger partial charge in [-0.1, -0.05) is 11.6 Å². The molecule has 29 heavy (non-hydrogen) atoms. The lowest BCUT2D eigenvalue weighted by molar-refractivity contribution is 0.0398. The average Bonchev–Trinajstić information content (AvgIpc) is 2.76. The number of fused-ring (bicyclic) bond motifs is 5. The van der Waals surface area contributed by atoms with Crippen LogP contribution in [0.25, 0.3) is 22.0 Å². The molecule has 1 unspecified atom stereocenters. The van der Waals surface area contributed by atoms with Crippen molar-refractivity contribution in [3.05, 3.63) is 47.6 Å². The molecule has 2 aliphatic rings. The minimum absolute atomic E-state index is 0.637. The third-order valence-corrected chi connectivity index (χ3v) is 6.83. The summed E-state index contributed by atoms with van der Waals surface area (Å²) in [6.45, 7) is 5.36. The minimum Gasteiger partial charge on any atom is -0.384 e. The molecule has 1 atom stereocenters. The molecule has 0 spiro atoms. The third-order valence-electron chi connectivity index (χ3n) is 5.37. The summed E-state index contributed by atoms with van der Waals surface area (Å²) < 4.78 is 21.3. The number of hydrogen-bond donors (Lipinski definition) is 2. The van der Waals surface area contributed by atoms with Crippen molar-refractivity contribution < 1.29 is 8.95 Å². The Labute approximate surface area is 176 Å².